The van der Waals surface area contributed by atoms with Gasteiger partial charge in [-0.1, -0.05) is 47.1 Å². The summed E-state index contributed by atoms with van der Waals surface area (Å²) < 4.78 is 5.47. The molecule has 6 nitrogen and oxygen atoms in total. The molecule has 1 N–H and O–H groups in total. The molecule has 0 fully saturated rings. The van der Waals surface area contributed by atoms with Crippen LogP contribution in [-0.2, 0) is 0 Å². The number of aromatic amines is 1. The van der Waals surface area contributed by atoms with Crippen LogP contribution in [0.1, 0.15) is 0 Å². The smallest absolute Gasteiger partial charge is 0.260 e. The quantitative estimate of drug-likeness (QED) is 0.402. The van der Waals surface area contributed by atoms with Crippen LogP contribution in [0.5, 0.6) is 0 Å². The second kappa shape index (κ2) is 7.32. The Labute approximate surface area is 166 Å². The van der Waals surface area contributed by atoms with Gasteiger partial charge in [-0.05, 0) is 23.8 Å². The maximum atomic E-state index is 13.0. The Morgan fingerprint density at radius 1 is 1.11 bits per heavy atom. The lowest BCUT2D eigenvalue weighted by atomic mass is 9.95. The molecule has 0 amide bonds. The SMILES string of the molecule is CN(C)/C=N\c1cc(-c2c(-c3ccccc3)c3cc(Cl)ccc3[nH]c2=O)on1. The minimum Gasteiger partial charge on any atom is -0.369 e. The number of H-pyrrole nitrogens is 1. The maximum Gasteiger partial charge on any atom is 0.260 e. The second-order valence-electron chi connectivity index (χ2n) is 6.52. The van der Waals surface area contributed by atoms with Gasteiger partial charge in [0.1, 0.15) is 0 Å². The molecule has 0 bridgehead atoms. The first-order chi connectivity index (χ1) is 13.5. The summed E-state index contributed by atoms with van der Waals surface area (Å²) in [4.78, 5) is 21.9. The highest BCUT2D eigenvalue weighted by atomic mass is 35.5. The number of halogens is 1. The number of hydrogen-bond acceptors (Lipinski definition) is 4. The Morgan fingerprint density at radius 2 is 1.89 bits per heavy atom. The second-order valence-corrected chi connectivity index (χ2v) is 6.95. The van der Waals surface area contributed by atoms with Gasteiger partial charge in [-0.3, -0.25) is 4.79 Å². The molecule has 0 saturated heterocycles. The predicted molar refractivity (Wildman–Crippen MR) is 112 cm³/mol. The number of fused-ring (bicyclic) bond motifs is 1. The lowest BCUT2D eigenvalue weighted by Crippen LogP contribution is -2.11. The third-order valence-electron chi connectivity index (χ3n) is 4.20. The zero-order chi connectivity index (χ0) is 19.7. The molecular formula is C21H17ClN4O2. The van der Waals surface area contributed by atoms with Crippen LogP contribution in [0.25, 0.3) is 33.4 Å². The number of pyridine rings is 1. The molecule has 4 aromatic rings. The van der Waals surface area contributed by atoms with E-state index in [1.54, 1.807) is 29.4 Å². The molecule has 0 saturated carbocycles. The molecule has 0 aliphatic carbocycles. The van der Waals surface area contributed by atoms with Crippen LogP contribution in [-0.4, -0.2) is 35.5 Å². The van der Waals surface area contributed by atoms with Gasteiger partial charge in [-0.2, -0.15) is 0 Å². The molecule has 0 aliphatic heterocycles. The highest BCUT2D eigenvalue weighted by Crippen LogP contribution is 2.36. The Kier molecular flexibility index (Phi) is 4.71. The standard InChI is InChI=1S/C21H17ClN4O2/c1-26(2)12-23-18-11-17(28-25-18)20-19(13-6-4-3-5-7-13)15-10-14(22)8-9-16(15)24-21(20)27/h3-12H,1-2H3,(H,24,27)/b23-12-. The number of benzene rings is 2. The average Bonchev–Trinajstić information content (AvgIpc) is 3.15. The molecule has 7 heteroatoms. The lowest BCUT2D eigenvalue weighted by Gasteiger charge is -2.11. The largest absolute Gasteiger partial charge is 0.369 e. The van der Waals surface area contributed by atoms with E-state index in [-0.39, 0.29) is 5.56 Å². The molecule has 2 aromatic heterocycles. The van der Waals surface area contributed by atoms with Crippen LogP contribution < -0.4 is 5.56 Å². The van der Waals surface area contributed by atoms with Crippen LogP contribution in [0.4, 0.5) is 5.82 Å². The monoisotopic (exact) mass is 392 g/mol. The third kappa shape index (κ3) is 3.42. The summed E-state index contributed by atoms with van der Waals surface area (Å²) in [5.41, 5.74) is 2.43. The normalized spacial score (nSPS) is 11.4. The maximum absolute atomic E-state index is 13.0. The van der Waals surface area contributed by atoms with E-state index in [1.165, 1.54) is 0 Å². The molecule has 0 atom stereocenters. The summed E-state index contributed by atoms with van der Waals surface area (Å²) in [5.74, 6) is 0.723. The predicted octanol–water partition coefficient (Wildman–Crippen LogP) is 4.72. The molecule has 140 valence electrons. The van der Waals surface area contributed by atoms with Gasteiger partial charge >= 0.3 is 0 Å². The summed E-state index contributed by atoms with van der Waals surface area (Å²) in [5, 5.41) is 5.36. The summed E-state index contributed by atoms with van der Waals surface area (Å²) in [6, 6.07) is 16.7. The van der Waals surface area contributed by atoms with Gasteiger partial charge in [-0.25, -0.2) is 4.99 Å². The van der Waals surface area contributed by atoms with Crippen LogP contribution in [0.3, 0.4) is 0 Å². The van der Waals surface area contributed by atoms with Gasteiger partial charge in [-0.15, -0.1) is 0 Å². The van der Waals surface area contributed by atoms with Crippen molar-refractivity contribution in [2.24, 2.45) is 4.99 Å². The van der Waals surface area contributed by atoms with E-state index in [0.29, 0.717) is 27.7 Å². The minimum atomic E-state index is -0.270. The number of aliphatic imine (C=N–C) groups is 1. The Morgan fingerprint density at radius 3 is 2.64 bits per heavy atom. The first kappa shape index (κ1) is 18.0. The van der Waals surface area contributed by atoms with Gasteiger partial charge in [0, 0.05) is 41.7 Å². The van der Waals surface area contributed by atoms with Crippen LogP contribution in [0.15, 0.2) is 68.9 Å². The fourth-order valence-electron chi connectivity index (χ4n) is 3.02. The summed E-state index contributed by atoms with van der Waals surface area (Å²) in [6.45, 7) is 0. The zero-order valence-electron chi connectivity index (χ0n) is 15.3. The van der Waals surface area contributed by atoms with E-state index < -0.39 is 0 Å². The fraction of sp³-hybridized carbons (Fsp3) is 0.0952. The summed E-state index contributed by atoms with van der Waals surface area (Å²) >= 11 is 6.24. The minimum absolute atomic E-state index is 0.270. The summed E-state index contributed by atoms with van der Waals surface area (Å²) in [7, 11) is 3.71. The topological polar surface area (TPSA) is 74.5 Å². The highest BCUT2D eigenvalue weighted by molar-refractivity contribution is 6.31. The molecule has 2 heterocycles. The number of hydrogen-bond donors (Lipinski definition) is 1. The van der Waals surface area contributed by atoms with Crippen LogP contribution >= 0.6 is 11.6 Å². The molecule has 0 radical (unpaired) electrons. The van der Waals surface area contributed by atoms with Crippen molar-refractivity contribution in [3.8, 4) is 22.5 Å². The van der Waals surface area contributed by atoms with Gasteiger partial charge in [0.05, 0.1) is 11.9 Å². The molecule has 4 rings (SSSR count). The average molecular weight is 393 g/mol. The van der Waals surface area contributed by atoms with E-state index in [9.17, 15) is 4.79 Å². The van der Waals surface area contributed by atoms with Crippen molar-refractivity contribution in [2.75, 3.05) is 14.1 Å². The van der Waals surface area contributed by atoms with Crippen molar-refractivity contribution in [1.29, 1.82) is 0 Å². The number of aromatic nitrogens is 2. The van der Waals surface area contributed by atoms with Crippen molar-refractivity contribution in [1.82, 2.24) is 15.0 Å². The molecule has 0 spiro atoms. The van der Waals surface area contributed by atoms with Gasteiger partial charge in [0.25, 0.3) is 5.56 Å². The van der Waals surface area contributed by atoms with Gasteiger partial charge in [0.2, 0.25) is 0 Å². The van der Waals surface area contributed by atoms with Crippen molar-refractivity contribution in [3.05, 3.63) is 70.0 Å². The Bertz CT molecular complexity index is 1230. The van der Waals surface area contributed by atoms with Gasteiger partial charge < -0.3 is 14.4 Å². The number of nitrogens with one attached hydrogen (secondary N) is 1. The number of rotatable bonds is 4. The first-order valence-electron chi connectivity index (χ1n) is 8.61. The molecule has 28 heavy (non-hydrogen) atoms. The molecule has 0 unspecified atom stereocenters. The first-order valence-corrected chi connectivity index (χ1v) is 8.99. The fourth-order valence-corrected chi connectivity index (χ4v) is 3.20. The van der Waals surface area contributed by atoms with Crippen molar-refractivity contribution in [3.63, 3.8) is 0 Å². The van der Waals surface area contributed by atoms with Crippen LogP contribution in [0, 0.1) is 0 Å². The van der Waals surface area contributed by atoms with Crippen molar-refractivity contribution < 1.29 is 4.52 Å². The molecule has 2 aromatic carbocycles. The molecule has 0 aliphatic rings. The van der Waals surface area contributed by atoms with Crippen LogP contribution in [0.2, 0.25) is 5.02 Å². The zero-order valence-corrected chi connectivity index (χ0v) is 16.1. The highest BCUT2D eigenvalue weighted by Gasteiger charge is 2.20. The Balaban J connectivity index is 2.01. The van der Waals surface area contributed by atoms with Gasteiger partial charge in [0.15, 0.2) is 11.6 Å². The van der Waals surface area contributed by atoms with E-state index >= 15 is 0 Å². The van der Waals surface area contributed by atoms with E-state index in [1.807, 2.05) is 50.5 Å². The van der Waals surface area contributed by atoms with E-state index in [4.69, 9.17) is 16.1 Å². The third-order valence-corrected chi connectivity index (χ3v) is 4.44. The van der Waals surface area contributed by atoms with E-state index in [2.05, 4.69) is 15.1 Å². The number of nitrogens with zero attached hydrogens (tertiary/aromatic N) is 3. The summed E-state index contributed by atoms with van der Waals surface area (Å²) in [6.07, 6.45) is 1.62. The van der Waals surface area contributed by atoms with Crippen molar-refractivity contribution >= 4 is 34.7 Å². The van der Waals surface area contributed by atoms with E-state index in [0.717, 1.165) is 16.5 Å². The Hall–Kier alpha value is -3.38. The molecular weight excluding hydrogens is 376 g/mol. The lowest BCUT2D eigenvalue weighted by molar-refractivity contribution is 0.434. The van der Waals surface area contributed by atoms with Crippen molar-refractivity contribution in [2.45, 2.75) is 0 Å².